The third kappa shape index (κ3) is 3.78. The Hall–Kier alpha value is -1.47. The van der Waals surface area contributed by atoms with Gasteiger partial charge in [0.25, 0.3) is 0 Å². The fourth-order valence-electron chi connectivity index (χ4n) is 1.46. The minimum Gasteiger partial charge on any atom is -0.477 e. The predicted octanol–water partition coefficient (Wildman–Crippen LogP) is 0.893. The minimum absolute atomic E-state index is 0.206. The summed E-state index contributed by atoms with van der Waals surface area (Å²) in [5.41, 5.74) is 6.12. The number of amides is 1. The van der Waals surface area contributed by atoms with E-state index < -0.39 is 12.0 Å². The monoisotopic (exact) mass is 271 g/mol. The van der Waals surface area contributed by atoms with E-state index in [1.54, 1.807) is 6.92 Å². The zero-order valence-corrected chi connectivity index (χ0v) is 11.2. The van der Waals surface area contributed by atoms with E-state index in [0.717, 1.165) is 17.8 Å². The molecule has 0 aliphatic rings. The number of carboxylic acid groups (broad SMARTS) is 1. The van der Waals surface area contributed by atoms with Crippen molar-refractivity contribution in [1.29, 1.82) is 0 Å². The number of nitrogens with zero attached hydrogens (tertiary/aromatic N) is 1. The highest BCUT2D eigenvalue weighted by molar-refractivity contribution is 7.13. The van der Waals surface area contributed by atoms with Crippen molar-refractivity contribution in [2.45, 2.75) is 39.3 Å². The maximum atomic E-state index is 11.6. The Morgan fingerprint density at radius 3 is 2.72 bits per heavy atom. The number of hydrogen-bond donors (Lipinski definition) is 3. The first kappa shape index (κ1) is 14.6. The summed E-state index contributed by atoms with van der Waals surface area (Å²) in [7, 11) is 0. The maximum absolute atomic E-state index is 11.6. The molecule has 0 unspecified atom stereocenters. The summed E-state index contributed by atoms with van der Waals surface area (Å²) < 4.78 is 0. The summed E-state index contributed by atoms with van der Waals surface area (Å²) in [4.78, 5) is 26.7. The second-order valence-electron chi connectivity index (χ2n) is 3.94. The summed E-state index contributed by atoms with van der Waals surface area (Å²) in [6.45, 7) is 3.81. The van der Waals surface area contributed by atoms with Gasteiger partial charge in [-0.15, -0.1) is 11.3 Å². The van der Waals surface area contributed by atoms with Gasteiger partial charge in [0, 0.05) is 0 Å². The van der Waals surface area contributed by atoms with Gasteiger partial charge < -0.3 is 16.2 Å². The number of thiazole rings is 1. The van der Waals surface area contributed by atoms with Crippen LogP contribution in [0.5, 0.6) is 0 Å². The van der Waals surface area contributed by atoms with E-state index in [1.165, 1.54) is 0 Å². The first-order chi connectivity index (χ1) is 8.45. The smallest absolute Gasteiger partial charge is 0.347 e. The normalized spacial score (nSPS) is 12.2. The van der Waals surface area contributed by atoms with Crippen molar-refractivity contribution in [2.75, 3.05) is 0 Å². The van der Waals surface area contributed by atoms with Crippen molar-refractivity contribution in [3.05, 3.63) is 15.6 Å². The molecule has 100 valence electrons. The van der Waals surface area contributed by atoms with E-state index in [-0.39, 0.29) is 17.3 Å². The quantitative estimate of drug-likeness (QED) is 0.712. The lowest BCUT2D eigenvalue weighted by Gasteiger charge is -2.09. The molecule has 7 heteroatoms. The number of nitrogens with two attached hydrogens (primary N) is 1. The molecule has 0 aliphatic heterocycles. The topological polar surface area (TPSA) is 105 Å². The van der Waals surface area contributed by atoms with Crippen molar-refractivity contribution >= 4 is 23.2 Å². The molecule has 0 aliphatic carbocycles. The van der Waals surface area contributed by atoms with Crippen LogP contribution in [-0.4, -0.2) is 28.0 Å². The molecule has 1 aromatic heterocycles. The Labute approximate surface area is 109 Å². The Balaban J connectivity index is 2.56. The van der Waals surface area contributed by atoms with E-state index >= 15 is 0 Å². The van der Waals surface area contributed by atoms with E-state index in [2.05, 4.69) is 10.3 Å². The van der Waals surface area contributed by atoms with Gasteiger partial charge in [-0.1, -0.05) is 13.3 Å². The molecule has 0 aromatic carbocycles. The van der Waals surface area contributed by atoms with E-state index in [1.807, 2.05) is 6.92 Å². The minimum atomic E-state index is -0.995. The third-order valence-corrected chi connectivity index (χ3v) is 3.53. The molecule has 0 saturated heterocycles. The molecule has 18 heavy (non-hydrogen) atoms. The average molecular weight is 271 g/mol. The molecule has 1 atom stereocenters. The number of hydrogen-bond acceptors (Lipinski definition) is 5. The maximum Gasteiger partial charge on any atom is 0.347 e. The van der Waals surface area contributed by atoms with Gasteiger partial charge in [0.15, 0.2) is 0 Å². The molecule has 0 spiro atoms. The largest absolute Gasteiger partial charge is 0.477 e. The van der Waals surface area contributed by atoms with Crippen molar-refractivity contribution in [2.24, 2.45) is 5.73 Å². The number of rotatable bonds is 6. The molecular formula is C11H17N3O3S. The molecule has 0 radical (unpaired) electrons. The molecule has 6 nitrogen and oxygen atoms in total. The molecule has 0 saturated carbocycles. The first-order valence-electron chi connectivity index (χ1n) is 5.68. The Morgan fingerprint density at radius 2 is 2.22 bits per heavy atom. The van der Waals surface area contributed by atoms with Crippen molar-refractivity contribution in [1.82, 2.24) is 10.3 Å². The molecular weight excluding hydrogens is 254 g/mol. The number of aromatic carboxylic acids is 1. The lowest BCUT2D eigenvalue weighted by atomic mass is 10.2. The van der Waals surface area contributed by atoms with E-state index in [9.17, 15) is 9.59 Å². The lowest BCUT2D eigenvalue weighted by Crippen LogP contribution is -2.40. The summed E-state index contributed by atoms with van der Waals surface area (Å²) in [5, 5.41) is 12.1. The lowest BCUT2D eigenvalue weighted by molar-refractivity contribution is -0.122. The standard InChI is InChI=1S/C11H17N3O3S/c1-3-4-7(12)10(15)13-5-8-14-6(2)9(18-8)11(16)17/h7H,3-5,12H2,1-2H3,(H,13,15)(H,16,17)/t7-/m0/s1. The predicted molar refractivity (Wildman–Crippen MR) is 68.5 cm³/mol. The van der Waals surface area contributed by atoms with E-state index in [4.69, 9.17) is 10.8 Å². The number of carbonyl (C=O) groups is 2. The summed E-state index contributed by atoms with van der Waals surface area (Å²) in [6, 6.07) is -0.519. The number of aromatic nitrogens is 1. The molecule has 1 aromatic rings. The van der Waals surface area contributed by atoms with Gasteiger partial charge in [0.1, 0.15) is 9.88 Å². The summed E-state index contributed by atoms with van der Waals surface area (Å²) in [5.74, 6) is -1.23. The van der Waals surface area contributed by atoms with Crippen molar-refractivity contribution in [3.8, 4) is 0 Å². The van der Waals surface area contributed by atoms with Crippen LogP contribution >= 0.6 is 11.3 Å². The zero-order chi connectivity index (χ0) is 13.7. The van der Waals surface area contributed by atoms with Crippen molar-refractivity contribution < 1.29 is 14.7 Å². The van der Waals surface area contributed by atoms with Crippen LogP contribution in [-0.2, 0) is 11.3 Å². The first-order valence-corrected chi connectivity index (χ1v) is 6.50. The fraction of sp³-hybridized carbons (Fsp3) is 0.545. The SMILES string of the molecule is CCC[C@H](N)C(=O)NCc1nc(C)c(C(=O)O)s1. The van der Waals surface area contributed by atoms with Gasteiger partial charge in [-0.2, -0.15) is 0 Å². The van der Waals surface area contributed by atoms with Gasteiger partial charge in [0.2, 0.25) is 5.91 Å². The summed E-state index contributed by atoms with van der Waals surface area (Å²) in [6.07, 6.45) is 1.47. The molecule has 1 amide bonds. The van der Waals surface area contributed by atoms with Gasteiger partial charge in [-0.3, -0.25) is 4.79 Å². The van der Waals surface area contributed by atoms with Gasteiger partial charge in [-0.25, -0.2) is 9.78 Å². The second-order valence-corrected chi connectivity index (χ2v) is 5.02. The van der Waals surface area contributed by atoms with Gasteiger partial charge in [-0.05, 0) is 13.3 Å². The third-order valence-electron chi connectivity index (χ3n) is 2.39. The molecule has 1 heterocycles. The average Bonchev–Trinajstić information content (AvgIpc) is 2.68. The molecule has 0 bridgehead atoms. The number of nitrogens with one attached hydrogen (secondary N) is 1. The number of carboxylic acids is 1. The van der Waals surface area contributed by atoms with Crippen LogP contribution in [0.1, 0.15) is 40.1 Å². The van der Waals surface area contributed by atoms with Crippen LogP contribution in [0.2, 0.25) is 0 Å². The zero-order valence-electron chi connectivity index (χ0n) is 10.4. The summed E-state index contributed by atoms with van der Waals surface area (Å²) >= 11 is 1.07. The van der Waals surface area contributed by atoms with Crippen LogP contribution in [0.25, 0.3) is 0 Å². The van der Waals surface area contributed by atoms with Crippen LogP contribution in [0.3, 0.4) is 0 Å². The number of carbonyl (C=O) groups excluding carboxylic acids is 1. The highest BCUT2D eigenvalue weighted by atomic mass is 32.1. The van der Waals surface area contributed by atoms with Crippen LogP contribution < -0.4 is 11.1 Å². The van der Waals surface area contributed by atoms with Gasteiger partial charge in [0.05, 0.1) is 18.3 Å². The molecule has 0 fully saturated rings. The van der Waals surface area contributed by atoms with Crippen molar-refractivity contribution in [3.63, 3.8) is 0 Å². The van der Waals surface area contributed by atoms with Crippen LogP contribution in [0.15, 0.2) is 0 Å². The van der Waals surface area contributed by atoms with Crippen LogP contribution in [0, 0.1) is 6.92 Å². The second kappa shape index (κ2) is 6.46. The fourth-order valence-corrected chi connectivity index (χ4v) is 2.31. The molecule has 1 rings (SSSR count). The highest BCUT2D eigenvalue weighted by Gasteiger charge is 2.16. The highest BCUT2D eigenvalue weighted by Crippen LogP contribution is 2.17. The Bertz CT molecular complexity index is 445. The van der Waals surface area contributed by atoms with E-state index in [0.29, 0.717) is 17.1 Å². The number of aryl methyl sites for hydroxylation is 1. The van der Waals surface area contributed by atoms with Gasteiger partial charge >= 0.3 is 5.97 Å². The van der Waals surface area contributed by atoms with Crippen LogP contribution in [0.4, 0.5) is 0 Å². The molecule has 4 N–H and O–H groups in total. The Morgan fingerprint density at radius 1 is 1.56 bits per heavy atom. The Kier molecular flexibility index (Phi) is 5.24.